The summed E-state index contributed by atoms with van der Waals surface area (Å²) >= 11 is 0. The summed E-state index contributed by atoms with van der Waals surface area (Å²) in [6.45, 7) is 2.01. The van der Waals surface area contributed by atoms with E-state index < -0.39 is 23.8 Å². The predicted octanol–water partition coefficient (Wildman–Crippen LogP) is 1.92. The molecule has 2 rings (SSSR count). The van der Waals surface area contributed by atoms with E-state index in [0.717, 1.165) is 6.42 Å². The number of rotatable bonds is 9. The Morgan fingerprint density at radius 1 is 1.07 bits per heavy atom. The van der Waals surface area contributed by atoms with Crippen LogP contribution in [0.3, 0.4) is 0 Å². The molecule has 1 aromatic heterocycles. The number of nitrogens with zero attached hydrogens (tertiary/aromatic N) is 2. The molecule has 0 spiro atoms. The smallest absolute Gasteiger partial charge is 0.326 e. The maximum absolute atomic E-state index is 12.9. The first-order chi connectivity index (χ1) is 13.4. The van der Waals surface area contributed by atoms with Gasteiger partial charge in [-0.25, -0.2) is 19.2 Å². The summed E-state index contributed by atoms with van der Waals surface area (Å²) < 4.78 is 12.9. The van der Waals surface area contributed by atoms with Crippen LogP contribution in [0.1, 0.15) is 52.7 Å². The molecule has 0 saturated heterocycles. The summed E-state index contributed by atoms with van der Waals surface area (Å²) in [6, 6.07) is 4.50. The molecule has 0 saturated carbocycles. The third-order valence-electron chi connectivity index (χ3n) is 3.94. The number of carboxylic acids is 1. The Morgan fingerprint density at radius 2 is 1.68 bits per heavy atom. The lowest BCUT2D eigenvalue weighted by molar-refractivity contribution is -0.139. The zero-order valence-corrected chi connectivity index (χ0v) is 15.3. The normalized spacial score (nSPS) is 11.5. The van der Waals surface area contributed by atoms with Crippen molar-refractivity contribution in [2.75, 3.05) is 0 Å². The zero-order valence-electron chi connectivity index (χ0n) is 15.3. The molecule has 1 aromatic carbocycles. The Kier molecular flexibility index (Phi) is 7.55. The van der Waals surface area contributed by atoms with Crippen LogP contribution in [0.5, 0.6) is 0 Å². The minimum absolute atomic E-state index is 0.102. The molecule has 148 valence electrons. The molecule has 2 amide bonds. The Hall–Kier alpha value is -3.36. The SMILES string of the molecule is CCCCC(NC(=O)c1nccnc1C(=O)NCc1ccc(F)cc1)C(=O)O. The molecule has 1 atom stereocenters. The summed E-state index contributed by atoms with van der Waals surface area (Å²) in [5.74, 6) is -2.99. The van der Waals surface area contributed by atoms with Crippen molar-refractivity contribution in [1.29, 1.82) is 0 Å². The van der Waals surface area contributed by atoms with Gasteiger partial charge in [0.2, 0.25) is 0 Å². The number of aliphatic carboxylic acids is 1. The Labute approximate surface area is 161 Å². The molecule has 0 aliphatic heterocycles. The summed E-state index contributed by atoms with van der Waals surface area (Å²) in [5.41, 5.74) is 0.179. The fourth-order valence-electron chi connectivity index (χ4n) is 2.43. The van der Waals surface area contributed by atoms with Gasteiger partial charge in [0.15, 0.2) is 11.4 Å². The number of aromatic nitrogens is 2. The molecular formula is C19H21FN4O4. The molecule has 28 heavy (non-hydrogen) atoms. The van der Waals surface area contributed by atoms with E-state index in [-0.39, 0.29) is 30.2 Å². The lowest BCUT2D eigenvalue weighted by Gasteiger charge is -2.14. The largest absolute Gasteiger partial charge is 0.480 e. The number of carbonyl (C=O) groups is 3. The van der Waals surface area contributed by atoms with E-state index >= 15 is 0 Å². The van der Waals surface area contributed by atoms with Crippen molar-refractivity contribution in [3.05, 3.63) is 59.4 Å². The van der Waals surface area contributed by atoms with Crippen LogP contribution >= 0.6 is 0 Å². The van der Waals surface area contributed by atoms with Gasteiger partial charge >= 0.3 is 5.97 Å². The van der Waals surface area contributed by atoms with Crippen LogP contribution in [0.15, 0.2) is 36.7 Å². The van der Waals surface area contributed by atoms with Crippen molar-refractivity contribution >= 4 is 17.8 Å². The van der Waals surface area contributed by atoms with Crippen LogP contribution in [0.25, 0.3) is 0 Å². The molecule has 8 nitrogen and oxygen atoms in total. The highest BCUT2D eigenvalue weighted by Gasteiger charge is 2.25. The van der Waals surface area contributed by atoms with Crippen molar-refractivity contribution in [1.82, 2.24) is 20.6 Å². The molecule has 0 bridgehead atoms. The highest BCUT2D eigenvalue weighted by molar-refractivity contribution is 6.05. The van der Waals surface area contributed by atoms with Crippen molar-refractivity contribution in [3.8, 4) is 0 Å². The lowest BCUT2D eigenvalue weighted by Crippen LogP contribution is -2.42. The van der Waals surface area contributed by atoms with Gasteiger partial charge in [0.1, 0.15) is 11.9 Å². The van der Waals surface area contributed by atoms with Gasteiger partial charge in [-0.05, 0) is 24.1 Å². The molecule has 0 fully saturated rings. The first-order valence-corrected chi connectivity index (χ1v) is 8.79. The lowest BCUT2D eigenvalue weighted by atomic mass is 10.1. The van der Waals surface area contributed by atoms with E-state index in [2.05, 4.69) is 20.6 Å². The van der Waals surface area contributed by atoms with Crippen molar-refractivity contribution in [3.63, 3.8) is 0 Å². The van der Waals surface area contributed by atoms with E-state index in [9.17, 15) is 23.9 Å². The number of carbonyl (C=O) groups excluding carboxylic acids is 2. The van der Waals surface area contributed by atoms with Crippen LogP contribution < -0.4 is 10.6 Å². The summed E-state index contributed by atoms with van der Waals surface area (Å²) in [7, 11) is 0. The average molecular weight is 388 g/mol. The van der Waals surface area contributed by atoms with Crippen LogP contribution in [0.4, 0.5) is 4.39 Å². The van der Waals surface area contributed by atoms with Crippen LogP contribution in [0.2, 0.25) is 0 Å². The number of hydrogen-bond donors (Lipinski definition) is 3. The molecule has 3 N–H and O–H groups in total. The summed E-state index contributed by atoms with van der Waals surface area (Å²) in [5, 5.41) is 14.2. The standard InChI is InChI=1S/C19H21FN4O4/c1-2-3-4-14(19(27)28)24-18(26)16-15(21-9-10-22-16)17(25)23-11-12-5-7-13(20)8-6-12/h5-10,14H,2-4,11H2,1H3,(H,23,25)(H,24,26)(H,27,28). The highest BCUT2D eigenvalue weighted by atomic mass is 19.1. The zero-order chi connectivity index (χ0) is 20.5. The first-order valence-electron chi connectivity index (χ1n) is 8.79. The fraction of sp³-hybridized carbons (Fsp3) is 0.316. The van der Waals surface area contributed by atoms with E-state index in [4.69, 9.17) is 0 Å². The number of benzene rings is 1. The van der Waals surface area contributed by atoms with Crippen molar-refractivity contribution < 1.29 is 23.9 Å². The fourth-order valence-corrected chi connectivity index (χ4v) is 2.43. The maximum atomic E-state index is 12.9. The molecule has 0 aliphatic rings. The molecule has 2 aromatic rings. The second-order valence-corrected chi connectivity index (χ2v) is 6.07. The minimum Gasteiger partial charge on any atom is -0.480 e. The number of halogens is 1. The number of amides is 2. The second-order valence-electron chi connectivity index (χ2n) is 6.07. The molecular weight excluding hydrogens is 367 g/mol. The number of unbranched alkanes of at least 4 members (excludes halogenated alkanes) is 1. The van der Waals surface area contributed by atoms with E-state index in [0.29, 0.717) is 12.0 Å². The summed E-state index contributed by atoms with van der Waals surface area (Å²) in [4.78, 5) is 44.0. The van der Waals surface area contributed by atoms with Gasteiger partial charge in [-0.1, -0.05) is 31.9 Å². The molecule has 0 radical (unpaired) electrons. The van der Waals surface area contributed by atoms with Crippen molar-refractivity contribution in [2.45, 2.75) is 38.8 Å². The number of carboxylic acid groups (broad SMARTS) is 1. The van der Waals surface area contributed by atoms with Gasteiger partial charge in [0.25, 0.3) is 11.8 Å². The third kappa shape index (κ3) is 5.83. The Bertz CT molecular complexity index is 842. The van der Waals surface area contributed by atoms with Gasteiger partial charge in [0, 0.05) is 18.9 Å². The van der Waals surface area contributed by atoms with E-state index in [1.165, 1.54) is 36.7 Å². The monoisotopic (exact) mass is 388 g/mol. The Morgan fingerprint density at radius 3 is 2.25 bits per heavy atom. The van der Waals surface area contributed by atoms with Gasteiger partial charge < -0.3 is 15.7 Å². The number of hydrogen-bond acceptors (Lipinski definition) is 5. The minimum atomic E-state index is -1.16. The Balaban J connectivity index is 2.09. The third-order valence-corrected chi connectivity index (χ3v) is 3.94. The summed E-state index contributed by atoms with van der Waals surface area (Å²) in [6.07, 6.45) is 4.18. The number of nitrogens with one attached hydrogen (secondary N) is 2. The molecule has 1 heterocycles. The average Bonchev–Trinajstić information content (AvgIpc) is 2.70. The quantitative estimate of drug-likeness (QED) is 0.603. The van der Waals surface area contributed by atoms with E-state index in [1.54, 1.807) is 0 Å². The van der Waals surface area contributed by atoms with Gasteiger partial charge in [-0.15, -0.1) is 0 Å². The van der Waals surface area contributed by atoms with Gasteiger partial charge in [-0.3, -0.25) is 9.59 Å². The predicted molar refractivity (Wildman–Crippen MR) is 98.0 cm³/mol. The highest BCUT2D eigenvalue weighted by Crippen LogP contribution is 2.07. The van der Waals surface area contributed by atoms with Gasteiger partial charge in [0.05, 0.1) is 0 Å². The van der Waals surface area contributed by atoms with Crippen LogP contribution in [-0.2, 0) is 11.3 Å². The topological polar surface area (TPSA) is 121 Å². The van der Waals surface area contributed by atoms with E-state index in [1.807, 2.05) is 6.92 Å². The van der Waals surface area contributed by atoms with Crippen LogP contribution in [0, 0.1) is 5.82 Å². The van der Waals surface area contributed by atoms with Crippen LogP contribution in [-0.4, -0.2) is 38.9 Å². The maximum Gasteiger partial charge on any atom is 0.326 e. The molecule has 1 unspecified atom stereocenters. The second kappa shape index (κ2) is 10.1. The molecule has 0 aliphatic carbocycles. The first kappa shape index (κ1) is 20.9. The van der Waals surface area contributed by atoms with Gasteiger partial charge in [-0.2, -0.15) is 0 Å². The van der Waals surface area contributed by atoms with Crippen molar-refractivity contribution in [2.24, 2.45) is 0 Å². The molecule has 9 heteroatoms.